The van der Waals surface area contributed by atoms with Gasteiger partial charge in [-0.05, 0) is 32.2 Å². The summed E-state index contributed by atoms with van der Waals surface area (Å²) in [6.45, 7) is 1.82. The van der Waals surface area contributed by atoms with Crippen molar-refractivity contribution in [3.63, 3.8) is 0 Å². The van der Waals surface area contributed by atoms with Crippen LogP contribution in [0.1, 0.15) is 32.1 Å². The maximum atomic E-state index is 11.0. The highest BCUT2D eigenvalue weighted by atomic mass is 16.5. The molecule has 0 heterocycles. The molecule has 0 aromatic rings. The van der Waals surface area contributed by atoms with E-state index in [0.717, 1.165) is 32.1 Å². The van der Waals surface area contributed by atoms with Crippen LogP contribution in [0.2, 0.25) is 0 Å². The Hall–Kier alpha value is -0.810. The molecule has 5 heteroatoms. The predicted octanol–water partition coefficient (Wildman–Crippen LogP) is 0.614. The van der Waals surface area contributed by atoms with Crippen LogP contribution >= 0.6 is 0 Å². The Balaban J connectivity index is 3.10. The van der Waals surface area contributed by atoms with Gasteiger partial charge >= 0.3 is 6.09 Å². The van der Waals surface area contributed by atoms with Crippen molar-refractivity contribution in [1.29, 1.82) is 0 Å². The average molecular weight is 218 g/mol. The van der Waals surface area contributed by atoms with Gasteiger partial charge in [-0.3, -0.25) is 0 Å². The first-order chi connectivity index (χ1) is 7.31. The van der Waals surface area contributed by atoms with E-state index in [4.69, 9.17) is 15.6 Å². The number of unbranched alkanes of at least 4 members (excludes halogenated alkanes) is 3. The molecule has 0 aromatic heterocycles. The van der Waals surface area contributed by atoms with Crippen LogP contribution < -0.4 is 11.1 Å². The average Bonchev–Trinajstić information content (AvgIpc) is 2.23. The third-order valence-electron chi connectivity index (χ3n) is 1.94. The van der Waals surface area contributed by atoms with Gasteiger partial charge in [-0.2, -0.15) is 0 Å². The molecule has 0 bridgehead atoms. The summed E-state index contributed by atoms with van der Waals surface area (Å²) in [4.78, 5) is 11.0. The summed E-state index contributed by atoms with van der Waals surface area (Å²) in [6, 6.07) is 0. The zero-order chi connectivity index (χ0) is 11.4. The van der Waals surface area contributed by atoms with Gasteiger partial charge in [-0.15, -0.1) is 0 Å². The van der Waals surface area contributed by atoms with E-state index in [1.165, 1.54) is 0 Å². The minimum absolute atomic E-state index is 0.237. The van der Waals surface area contributed by atoms with Gasteiger partial charge in [0.05, 0.1) is 6.61 Å². The Morgan fingerprint density at radius 1 is 1.20 bits per heavy atom. The largest absolute Gasteiger partial charge is 0.450 e. The first-order valence-electron chi connectivity index (χ1n) is 5.52. The lowest BCUT2D eigenvalue weighted by Gasteiger charge is -2.05. The van der Waals surface area contributed by atoms with Crippen LogP contribution in [0.5, 0.6) is 0 Å². The van der Waals surface area contributed by atoms with Crippen LogP contribution in [0.3, 0.4) is 0 Å². The highest BCUT2D eigenvalue weighted by Crippen LogP contribution is 1.99. The molecule has 0 rings (SSSR count). The lowest BCUT2D eigenvalue weighted by molar-refractivity contribution is 0.143. The third-order valence-corrected chi connectivity index (χ3v) is 1.94. The van der Waals surface area contributed by atoms with Crippen molar-refractivity contribution < 1.29 is 14.6 Å². The van der Waals surface area contributed by atoms with Crippen molar-refractivity contribution in [2.75, 3.05) is 26.3 Å². The molecule has 0 atom stereocenters. The number of aliphatic hydroxyl groups is 1. The van der Waals surface area contributed by atoms with Gasteiger partial charge in [0.15, 0.2) is 0 Å². The topological polar surface area (TPSA) is 84.6 Å². The van der Waals surface area contributed by atoms with Crippen LogP contribution in [0, 0.1) is 0 Å². The van der Waals surface area contributed by atoms with Gasteiger partial charge in [-0.1, -0.05) is 6.42 Å². The fraction of sp³-hybridized carbons (Fsp3) is 0.900. The quantitative estimate of drug-likeness (QED) is 0.495. The molecule has 0 unspecified atom stereocenters. The maximum absolute atomic E-state index is 11.0. The van der Waals surface area contributed by atoms with Gasteiger partial charge < -0.3 is 20.9 Å². The van der Waals surface area contributed by atoms with Gasteiger partial charge in [0.1, 0.15) is 0 Å². The first-order valence-corrected chi connectivity index (χ1v) is 5.52. The van der Waals surface area contributed by atoms with Crippen molar-refractivity contribution in [3.05, 3.63) is 0 Å². The van der Waals surface area contributed by atoms with Crippen molar-refractivity contribution in [3.8, 4) is 0 Å². The van der Waals surface area contributed by atoms with E-state index in [9.17, 15) is 4.79 Å². The number of rotatable bonds is 9. The summed E-state index contributed by atoms with van der Waals surface area (Å²) >= 11 is 0. The maximum Gasteiger partial charge on any atom is 0.407 e. The van der Waals surface area contributed by atoms with Crippen LogP contribution in [-0.4, -0.2) is 37.5 Å². The Morgan fingerprint density at radius 3 is 2.60 bits per heavy atom. The Morgan fingerprint density at radius 2 is 1.93 bits per heavy atom. The van der Waals surface area contributed by atoms with Crippen molar-refractivity contribution >= 4 is 6.09 Å². The van der Waals surface area contributed by atoms with E-state index in [1.54, 1.807) is 0 Å². The van der Waals surface area contributed by atoms with E-state index in [2.05, 4.69) is 5.32 Å². The van der Waals surface area contributed by atoms with E-state index in [1.807, 2.05) is 0 Å². The minimum atomic E-state index is -0.370. The lowest BCUT2D eigenvalue weighted by atomic mass is 10.2. The second kappa shape index (κ2) is 11.3. The summed E-state index contributed by atoms with van der Waals surface area (Å²) < 4.78 is 4.92. The van der Waals surface area contributed by atoms with Gasteiger partial charge in [0, 0.05) is 13.2 Å². The van der Waals surface area contributed by atoms with Crippen LogP contribution in [0.15, 0.2) is 0 Å². The fourth-order valence-electron chi connectivity index (χ4n) is 1.08. The number of ether oxygens (including phenoxy) is 1. The van der Waals surface area contributed by atoms with E-state index < -0.39 is 0 Å². The zero-order valence-corrected chi connectivity index (χ0v) is 9.21. The number of carbonyl (C=O) groups excluding carboxylic acids is 1. The van der Waals surface area contributed by atoms with Gasteiger partial charge in [0.25, 0.3) is 0 Å². The summed E-state index contributed by atoms with van der Waals surface area (Å²) in [5, 5.41) is 11.1. The fourth-order valence-corrected chi connectivity index (χ4v) is 1.08. The van der Waals surface area contributed by atoms with Crippen LogP contribution in [0.4, 0.5) is 4.79 Å². The van der Waals surface area contributed by atoms with Gasteiger partial charge in [-0.25, -0.2) is 4.79 Å². The second-order valence-electron chi connectivity index (χ2n) is 3.34. The molecule has 0 saturated heterocycles. The SMILES string of the molecule is NCCCNC(=O)OCCCCCCO. The number of nitrogens with one attached hydrogen (secondary N) is 1. The van der Waals surface area contributed by atoms with E-state index >= 15 is 0 Å². The summed E-state index contributed by atoms with van der Waals surface area (Å²) in [7, 11) is 0. The highest BCUT2D eigenvalue weighted by molar-refractivity contribution is 5.66. The molecule has 4 N–H and O–H groups in total. The van der Waals surface area contributed by atoms with Crippen molar-refractivity contribution in [1.82, 2.24) is 5.32 Å². The molecule has 0 aliphatic carbocycles. The zero-order valence-electron chi connectivity index (χ0n) is 9.21. The minimum Gasteiger partial charge on any atom is -0.450 e. The van der Waals surface area contributed by atoms with Crippen LogP contribution in [0.25, 0.3) is 0 Å². The number of hydrogen-bond donors (Lipinski definition) is 3. The Bertz CT molecular complexity index is 154. The Labute approximate surface area is 91.0 Å². The standard InChI is InChI=1S/C10H22N2O3/c11-6-5-7-12-10(14)15-9-4-2-1-3-8-13/h13H,1-9,11H2,(H,12,14). The van der Waals surface area contributed by atoms with E-state index in [0.29, 0.717) is 19.7 Å². The molecule has 0 aromatic carbocycles. The molecule has 1 amide bonds. The molecular formula is C10H22N2O3. The summed E-state index contributed by atoms with van der Waals surface area (Å²) in [5.41, 5.74) is 5.27. The third kappa shape index (κ3) is 11.1. The molecule has 0 saturated carbocycles. The number of nitrogens with two attached hydrogens (primary N) is 1. The second-order valence-corrected chi connectivity index (χ2v) is 3.34. The number of amides is 1. The number of aliphatic hydroxyl groups excluding tert-OH is 1. The predicted molar refractivity (Wildman–Crippen MR) is 58.6 cm³/mol. The highest BCUT2D eigenvalue weighted by Gasteiger charge is 1.99. The monoisotopic (exact) mass is 218 g/mol. The number of hydrogen-bond acceptors (Lipinski definition) is 4. The number of alkyl carbamates (subject to hydrolysis) is 1. The number of carbonyl (C=O) groups is 1. The van der Waals surface area contributed by atoms with E-state index in [-0.39, 0.29) is 12.7 Å². The summed E-state index contributed by atoms with van der Waals surface area (Å²) in [6.07, 6.45) is 4.04. The molecule has 15 heavy (non-hydrogen) atoms. The Kier molecular flexibility index (Phi) is 10.7. The summed E-state index contributed by atoms with van der Waals surface area (Å²) in [5.74, 6) is 0. The van der Waals surface area contributed by atoms with Gasteiger partial charge in [0.2, 0.25) is 0 Å². The molecule has 0 spiro atoms. The molecule has 5 nitrogen and oxygen atoms in total. The normalized spacial score (nSPS) is 10.0. The van der Waals surface area contributed by atoms with Crippen LogP contribution in [-0.2, 0) is 4.74 Å². The smallest absolute Gasteiger partial charge is 0.407 e. The van der Waals surface area contributed by atoms with Crippen molar-refractivity contribution in [2.45, 2.75) is 32.1 Å². The first kappa shape index (κ1) is 14.2. The molecule has 0 radical (unpaired) electrons. The molecule has 0 aliphatic heterocycles. The van der Waals surface area contributed by atoms with Crippen molar-refractivity contribution in [2.24, 2.45) is 5.73 Å². The molecule has 0 fully saturated rings. The molecule has 90 valence electrons. The lowest BCUT2D eigenvalue weighted by Crippen LogP contribution is -2.26. The molecule has 0 aliphatic rings. The molecular weight excluding hydrogens is 196 g/mol.